The average molecular weight is 311 g/mol. The van der Waals surface area contributed by atoms with E-state index in [1.165, 1.54) is 0 Å². The summed E-state index contributed by atoms with van der Waals surface area (Å²) in [4.78, 5) is 11.9. The minimum absolute atomic E-state index is 0. The predicted molar refractivity (Wildman–Crippen MR) is 84.5 cm³/mol. The summed E-state index contributed by atoms with van der Waals surface area (Å²) in [6.07, 6.45) is 3.71. The smallest absolute Gasteiger partial charge is 0.228 e. The number of methoxy groups -OCH3 is 1. The molecule has 0 aliphatic carbocycles. The highest BCUT2D eigenvalue weighted by molar-refractivity contribution is 5.92. The summed E-state index contributed by atoms with van der Waals surface area (Å²) >= 11 is 0. The van der Waals surface area contributed by atoms with Gasteiger partial charge in [0.2, 0.25) is 5.91 Å². The van der Waals surface area contributed by atoms with E-state index in [0.29, 0.717) is 30.9 Å². The lowest BCUT2D eigenvalue weighted by Crippen LogP contribution is -2.14. The van der Waals surface area contributed by atoms with Crippen LogP contribution in [0.5, 0.6) is 0 Å². The largest absolute Gasteiger partial charge is 0.399 e. The predicted octanol–water partition coefficient (Wildman–Crippen LogP) is 1.71. The molecule has 1 amide bonds. The molecular formula is C14H19ClN4O2. The molecule has 0 fully saturated rings. The Morgan fingerprint density at radius 3 is 2.76 bits per heavy atom. The first kappa shape index (κ1) is 17.0. The quantitative estimate of drug-likeness (QED) is 0.796. The Kier molecular flexibility index (Phi) is 6.71. The molecule has 1 aromatic heterocycles. The highest BCUT2D eigenvalue weighted by Crippen LogP contribution is 2.09. The highest BCUT2D eigenvalue weighted by Gasteiger charge is 2.06. The van der Waals surface area contributed by atoms with Crippen molar-refractivity contribution in [2.24, 2.45) is 0 Å². The number of nitrogen functional groups attached to an aromatic ring is 1. The number of hydrogen-bond donors (Lipinski definition) is 2. The van der Waals surface area contributed by atoms with E-state index < -0.39 is 0 Å². The number of benzene rings is 1. The van der Waals surface area contributed by atoms with Gasteiger partial charge in [-0.1, -0.05) is 12.1 Å². The Hall–Kier alpha value is -2.05. The molecule has 7 heteroatoms. The molecule has 0 radical (unpaired) electrons. The van der Waals surface area contributed by atoms with Crippen LogP contribution in [0, 0.1) is 0 Å². The average Bonchev–Trinajstić information content (AvgIpc) is 2.86. The van der Waals surface area contributed by atoms with E-state index in [1.807, 2.05) is 12.1 Å². The van der Waals surface area contributed by atoms with Crippen LogP contribution in [0.4, 0.5) is 11.4 Å². The molecule has 6 nitrogen and oxygen atoms in total. The number of rotatable bonds is 6. The molecule has 0 saturated heterocycles. The number of aromatic nitrogens is 2. The van der Waals surface area contributed by atoms with Crippen molar-refractivity contribution in [2.45, 2.75) is 13.0 Å². The molecule has 0 aliphatic rings. The van der Waals surface area contributed by atoms with Gasteiger partial charge in [-0.05, 0) is 17.7 Å². The van der Waals surface area contributed by atoms with Gasteiger partial charge in [0, 0.05) is 19.0 Å². The van der Waals surface area contributed by atoms with Crippen LogP contribution in [0.25, 0.3) is 0 Å². The molecule has 21 heavy (non-hydrogen) atoms. The lowest BCUT2D eigenvalue weighted by Gasteiger charge is -2.03. The number of ether oxygens (including phenoxy) is 1. The van der Waals surface area contributed by atoms with E-state index in [9.17, 15) is 4.79 Å². The van der Waals surface area contributed by atoms with Gasteiger partial charge in [-0.2, -0.15) is 5.10 Å². The fourth-order valence-electron chi connectivity index (χ4n) is 1.76. The number of halogens is 1. The molecule has 0 unspecified atom stereocenters. The highest BCUT2D eigenvalue weighted by atomic mass is 35.5. The van der Waals surface area contributed by atoms with Crippen LogP contribution >= 0.6 is 12.4 Å². The first-order chi connectivity index (χ1) is 9.67. The third-order valence-electron chi connectivity index (χ3n) is 2.79. The number of amides is 1. The Labute approximate surface area is 129 Å². The van der Waals surface area contributed by atoms with Gasteiger partial charge in [-0.3, -0.25) is 9.48 Å². The monoisotopic (exact) mass is 310 g/mol. The minimum Gasteiger partial charge on any atom is -0.399 e. The summed E-state index contributed by atoms with van der Waals surface area (Å²) in [5, 5.41) is 6.94. The van der Waals surface area contributed by atoms with Gasteiger partial charge in [0.1, 0.15) is 0 Å². The maximum atomic E-state index is 11.9. The van der Waals surface area contributed by atoms with E-state index >= 15 is 0 Å². The van der Waals surface area contributed by atoms with Crippen LogP contribution in [0.1, 0.15) is 5.56 Å². The van der Waals surface area contributed by atoms with E-state index in [-0.39, 0.29) is 18.3 Å². The third-order valence-corrected chi connectivity index (χ3v) is 2.79. The molecule has 1 aromatic carbocycles. The zero-order valence-electron chi connectivity index (χ0n) is 11.8. The SMILES string of the molecule is COCCn1cc(NC(=O)Cc2ccc(N)cc2)cn1.Cl. The van der Waals surface area contributed by atoms with Crippen molar-refractivity contribution < 1.29 is 9.53 Å². The summed E-state index contributed by atoms with van der Waals surface area (Å²) in [5.74, 6) is -0.0823. The summed E-state index contributed by atoms with van der Waals surface area (Å²) in [7, 11) is 1.64. The normalized spacial score (nSPS) is 9.95. The fourth-order valence-corrected chi connectivity index (χ4v) is 1.76. The molecule has 2 aromatic rings. The van der Waals surface area contributed by atoms with Crippen molar-refractivity contribution in [3.8, 4) is 0 Å². The van der Waals surface area contributed by atoms with Crippen LogP contribution < -0.4 is 11.1 Å². The van der Waals surface area contributed by atoms with Crippen molar-refractivity contribution in [2.75, 3.05) is 24.8 Å². The molecule has 0 spiro atoms. The fraction of sp³-hybridized carbons (Fsp3) is 0.286. The first-order valence-electron chi connectivity index (χ1n) is 6.33. The topological polar surface area (TPSA) is 82.2 Å². The molecular weight excluding hydrogens is 292 g/mol. The number of nitrogens with zero attached hydrogens (tertiary/aromatic N) is 2. The van der Waals surface area contributed by atoms with Crippen molar-refractivity contribution in [3.63, 3.8) is 0 Å². The molecule has 1 heterocycles. The van der Waals surface area contributed by atoms with Gasteiger partial charge in [-0.25, -0.2) is 0 Å². The molecule has 0 atom stereocenters. The molecule has 0 saturated carbocycles. The number of anilines is 2. The summed E-state index contributed by atoms with van der Waals surface area (Å²) in [6, 6.07) is 7.25. The zero-order valence-corrected chi connectivity index (χ0v) is 12.6. The first-order valence-corrected chi connectivity index (χ1v) is 6.33. The number of carbonyl (C=O) groups is 1. The second-order valence-electron chi connectivity index (χ2n) is 4.45. The molecule has 0 bridgehead atoms. The summed E-state index contributed by atoms with van der Waals surface area (Å²) in [6.45, 7) is 1.24. The van der Waals surface area contributed by atoms with E-state index in [1.54, 1.807) is 36.3 Å². The van der Waals surface area contributed by atoms with E-state index in [4.69, 9.17) is 10.5 Å². The van der Waals surface area contributed by atoms with Gasteiger partial charge in [0.15, 0.2) is 0 Å². The van der Waals surface area contributed by atoms with Crippen molar-refractivity contribution >= 4 is 29.7 Å². The lowest BCUT2D eigenvalue weighted by atomic mass is 10.1. The Bertz CT molecular complexity index is 569. The van der Waals surface area contributed by atoms with Crippen molar-refractivity contribution in [3.05, 3.63) is 42.2 Å². The number of nitrogens with one attached hydrogen (secondary N) is 1. The molecule has 0 aliphatic heterocycles. The maximum Gasteiger partial charge on any atom is 0.228 e. The van der Waals surface area contributed by atoms with Crippen LogP contribution in [-0.2, 0) is 22.5 Å². The van der Waals surface area contributed by atoms with Gasteiger partial charge in [0.25, 0.3) is 0 Å². The van der Waals surface area contributed by atoms with Crippen LogP contribution in [0.2, 0.25) is 0 Å². The molecule has 2 rings (SSSR count). The standard InChI is InChI=1S/C14H18N4O2.ClH/c1-20-7-6-18-10-13(9-16-18)17-14(19)8-11-2-4-12(15)5-3-11;/h2-5,9-10H,6-8,15H2,1H3,(H,17,19);1H. The van der Waals surface area contributed by atoms with E-state index in [0.717, 1.165) is 5.56 Å². The van der Waals surface area contributed by atoms with Gasteiger partial charge in [0.05, 0.1) is 31.5 Å². The zero-order chi connectivity index (χ0) is 14.4. The number of hydrogen-bond acceptors (Lipinski definition) is 4. The second-order valence-corrected chi connectivity index (χ2v) is 4.45. The second kappa shape index (κ2) is 8.28. The maximum absolute atomic E-state index is 11.9. The number of nitrogens with two attached hydrogens (primary N) is 1. The summed E-state index contributed by atoms with van der Waals surface area (Å²) < 4.78 is 6.69. The van der Waals surface area contributed by atoms with Crippen LogP contribution in [0.3, 0.4) is 0 Å². The van der Waals surface area contributed by atoms with Gasteiger partial charge < -0.3 is 15.8 Å². The Balaban J connectivity index is 0.00000220. The minimum atomic E-state index is -0.0823. The van der Waals surface area contributed by atoms with Crippen molar-refractivity contribution in [1.82, 2.24) is 9.78 Å². The summed E-state index contributed by atoms with van der Waals surface area (Å²) in [5.41, 5.74) is 7.89. The Morgan fingerprint density at radius 1 is 1.38 bits per heavy atom. The van der Waals surface area contributed by atoms with Gasteiger partial charge in [-0.15, -0.1) is 12.4 Å². The Morgan fingerprint density at radius 2 is 2.10 bits per heavy atom. The third kappa shape index (κ3) is 5.45. The number of carbonyl (C=O) groups excluding carboxylic acids is 1. The van der Waals surface area contributed by atoms with E-state index in [2.05, 4.69) is 10.4 Å². The lowest BCUT2D eigenvalue weighted by molar-refractivity contribution is -0.115. The van der Waals surface area contributed by atoms with Crippen molar-refractivity contribution in [1.29, 1.82) is 0 Å². The molecule has 114 valence electrons. The van der Waals surface area contributed by atoms with Crippen LogP contribution in [0.15, 0.2) is 36.7 Å². The van der Waals surface area contributed by atoms with Gasteiger partial charge >= 0.3 is 0 Å². The van der Waals surface area contributed by atoms with Crippen LogP contribution in [-0.4, -0.2) is 29.4 Å². The molecule has 3 N–H and O–H groups in total.